The van der Waals surface area contributed by atoms with Crippen LogP contribution in [0.4, 0.5) is 0 Å². The van der Waals surface area contributed by atoms with Gasteiger partial charge in [-0.15, -0.1) is 0 Å². The summed E-state index contributed by atoms with van der Waals surface area (Å²) in [5, 5.41) is 3.36. The van der Waals surface area contributed by atoms with Gasteiger partial charge in [0.1, 0.15) is 0 Å². The average Bonchev–Trinajstić information content (AvgIpc) is 2.93. The monoisotopic (exact) mass is 337 g/mol. The van der Waals surface area contributed by atoms with Crippen molar-refractivity contribution in [2.75, 3.05) is 7.11 Å². The lowest BCUT2D eigenvalue weighted by Crippen LogP contribution is -2.19. The standard InChI is InChI=1S/C15H16BrNO3/c1-10(12-5-3-4-6-13(12)16)17-9-11-7-8-20-14(11)15(18)19-2/h3-8,10,17H,9H2,1-2H3/t10-/m1/s1. The van der Waals surface area contributed by atoms with Crippen LogP contribution in [0.3, 0.4) is 0 Å². The number of furan rings is 1. The van der Waals surface area contributed by atoms with Crippen LogP contribution in [0.1, 0.15) is 34.6 Å². The third kappa shape index (κ3) is 3.29. The van der Waals surface area contributed by atoms with Crippen molar-refractivity contribution in [1.29, 1.82) is 0 Å². The van der Waals surface area contributed by atoms with Crippen molar-refractivity contribution in [3.8, 4) is 0 Å². The summed E-state index contributed by atoms with van der Waals surface area (Å²) < 4.78 is 10.9. The molecule has 0 bridgehead atoms. The highest BCUT2D eigenvalue weighted by Crippen LogP contribution is 2.23. The summed E-state index contributed by atoms with van der Waals surface area (Å²) in [6, 6.07) is 9.95. The largest absolute Gasteiger partial charge is 0.463 e. The fraction of sp³-hybridized carbons (Fsp3) is 0.267. The fourth-order valence-electron chi connectivity index (χ4n) is 1.95. The molecule has 0 saturated heterocycles. The Hall–Kier alpha value is -1.59. The summed E-state index contributed by atoms with van der Waals surface area (Å²) in [4.78, 5) is 11.5. The van der Waals surface area contributed by atoms with Crippen molar-refractivity contribution in [1.82, 2.24) is 5.32 Å². The SMILES string of the molecule is COC(=O)c1occc1CN[C@H](C)c1ccccc1Br. The number of halogens is 1. The molecule has 0 aliphatic rings. The molecule has 0 radical (unpaired) electrons. The van der Waals surface area contributed by atoms with E-state index < -0.39 is 5.97 Å². The highest BCUT2D eigenvalue weighted by atomic mass is 79.9. The summed E-state index contributed by atoms with van der Waals surface area (Å²) >= 11 is 3.53. The molecular weight excluding hydrogens is 322 g/mol. The smallest absolute Gasteiger partial charge is 0.374 e. The number of hydrogen-bond acceptors (Lipinski definition) is 4. The molecule has 1 N–H and O–H groups in total. The molecule has 20 heavy (non-hydrogen) atoms. The molecule has 0 amide bonds. The van der Waals surface area contributed by atoms with E-state index in [9.17, 15) is 4.79 Å². The van der Waals surface area contributed by atoms with Gasteiger partial charge in [0, 0.05) is 22.6 Å². The first kappa shape index (κ1) is 14.8. The molecule has 2 aromatic rings. The first-order valence-electron chi connectivity index (χ1n) is 6.26. The maximum Gasteiger partial charge on any atom is 0.374 e. The van der Waals surface area contributed by atoms with Crippen LogP contribution < -0.4 is 5.32 Å². The molecule has 2 rings (SSSR count). The summed E-state index contributed by atoms with van der Waals surface area (Å²) in [7, 11) is 1.34. The minimum absolute atomic E-state index is 0.144. The molecule has 1 aromatic carbocycles. The summed E-state index contributed by atoms with van der Waals surface area (Å²) in [5.41, 5.74) is 1.95. The van der Waals surface area contributed by atoms with E-state index in [-0.39, 0.29) is 11.8 Å². The van der Waals surface area contributed by atoms with Gasteiger partial charge in [0.05, 0.1) is 13.4 Å². The summed E-state index contributed by atoms with van der Waals surface area (Å²) in [5.74, 6) is -0.209. The van der Waals surface area contributed by atoms with Gasteiger partial charge in [0.2, 0.25) is 5.76 Å². The third-order valence-corrected chi connectivity index (χ3v) is 3.81. The van der Waals surface area contributed by atoms with E-state index in [1.54, 1.807) is 6.07 Å². The molecular formula is C15H16BrNO3. The van der Waals surface area contributed by atoms with Crippen LogP contribution in [-0.4, -0.2) is 13.1 Å². The minimum atomic E-state index is -0.458. The zero-order valence-electron chi connectivity index (χ0n) is 11.4. The van der Waals surface area contributed by atoms with Crippen molar-refractivity contribution in [2.24, 2.45) is 0 Å². The second-order valence-electron chi connectivity index (χ2n) is 4.39. The van der Waals surface area contributed by atoms with Crippen molar-refractivity contribution < 1.29 is 13.9 Å². The van der Waals surface area contributed by atoms with Gasteiger partial charge >= 0.3 is 5.97 Å². The van der Waals surface area contributed by atoms with Crippen molar-refractivity contribution in [3.05, 3.63) is 58.0 Å². The number of rotatable bonds is 5. The van der Waals surface area contributed by atoms with E-state index in [0.717, 1.165) is 15.6 Å². The number of methoxy groups -OCH3 is 1. The number of carbonyl (C=O) groups excluding carboxylic acids is 1. The van der Waals surface area contributed by atoms with Gasteiger partial charge in [-0.05, 0) is 24.6 Å². The van der Waals surface area contributed by atoms with E-state index in [4.69, 9.17) is 4.42 Å². The zero-order valence-corrected chi connectivity index (χ0v) is 12.9. The topological polar surface area (TPSA) is 51.5 Å². The number of esters is 1. The van der Waals surface area contributed by atoms with Gasteiger partial charge in [-0.1, -0.05) is 34.1 Å². The van der Waals surface area contributed by atoms with Crippen LogP contribution in [-0.2, 0) is 11.3 Å². The molecule has 0 saturated carbocycles. The normalized spacial score (nSPS) is 12.2. The quantitative estimate of drug-likeness (QED) is 0.845. The molecule has 5 heteroatoms. The highest BCUT2D eigenvalue weighted by molar-refractivity contribution is 9.10. The molecule has 4 nitrogen and oxygen atoms in total. The maximum absolute atomic E-state index is 11.5. The Morgan fingerprint density at radius 3 is 2.85 bits per heavy atom. The molecule has 106 valence electrons. The molecule has 0 spiro atoms. The number of carbonyl (C=O) groups is 1. The van der Waals surface area contributed by atoms with Crippen LogP contribution in [0.2, 0.25) is 0 Å². The first-order valence-corrected chi connectivity index (χ1v) is 7.05. The van der Waals surface area contributed by atoms with E-state index in [2.05, 4.69) is 39.0 Å². The molecule has 1 heterocycles. The van der Waals surface area contributed by atoms with E-state index in [1.807, 2.05) is 18.2 Å². The lowest BCUT2D eigenvalue weighted by molar-refractivity contribution is 0.0563. The van der Waals surface area contributed by atoms with Crippen molar-refractivity contribution in [2.45, 2.75) is 19.5 Å². The second-order valence-corrected chi connectivity index (χ2v) is 5.24. The van der Waals surface area contributed by atoms with E-state index >= 15 is 0 Å². The maximum atomic E-state index is 11.5. The highest BCUT2D eigenvalue weighted by Gasteiger charge is 2.16. The molecule has 0 fully saturated rings. The molecule has 1 atom stereocenters. The van der Waals surface area contributed by atoms with Crippen LogP contribution in [0.25, 0.3) is 0 Å². The molecule has 0 aliphatic carbocycles. The Morgan fingerprint density at radius 1 is 1.40 bits per heavy atom. The second kappa shape index (κ2) is 6.72. The Labute approximate surface area is 126 Å². The van der Waals surface area contributed by atoms with E-state index in [1.165, 1.54) is 13.4 Å². The Morgan fingerprint density at radius 2 is 2.15 bits per heavy atom. The van der Waals surface area contributed by atoms with Gasteiger partial charge in [0.15, 0.2) is 0 Å². The number of ether oxygens (including phenoxy) is 1. The van der Waals surface area contributed by atoms with Gasteiger partial charge in [-0.3, -0.25) is 0 Å². The third-order valence-electron chi connectivity index (χ3n) is 3.09. The lowest BCUT2D eigenvalue weighted by atomic mass is 10.1. The fourth-order valence-corrected chi connectivity index (χ4v) is 2.57. The van der Waals surface area contributed by atoms with Crippen LogP contribution in [0.5, 0.6) is 0 Å². The Kier molecular flexibility index (Phi) is 4.98. The average molecular weight is 338 g/mol. The summed E-state index contributed by atoms with van der Waals surface area (Å²) in [6.45, 7) is 2.60. The molecule has 1 aromatic heterocycles. The number of hydrogen-bond donors (Lipinski definition) is 1. The van der Waals surface area contributed by atoms with Crippen LogP contribution in [0, 0.1) is 0 Å². The van der Waals surface area contributed by atoms with Gasteiger partial charge in [0.25, 0.3) is 0 Å². The minimum Gasteiger partial charge on any atom is -0.463 e. The zero-order chi connectivity index (χ0) is 14.5. The lowest BCUT2D eigenvalue weighted by Gasteiger charge is -2.15. The van der Waals surface area contributed by atoms with Gasteiger partial charge in [-0.25, -0.2) is 4.79 Å². The van der Waals surface area contributed by atoms with E-state index in [0.29, 0.717) is 6.54 Å². The Balaban J connectivity index is 2.04. The number of nitrogens with one attached hydrogen (secondary N) is 1. The van der Waals surface area contributed by atoms with Gasteiger partial charge < -0.3 is 14.5 Å². The Bertz CT molecular complexity index is 594. The predicted octanol–water partition coefficient (Wildman–Crippen LogP) is 3.68. The predicted molar refractivity (Wildman–Crippen MR) is 79.4 cm³/mol. The van der Waals surface area contributed by atoms with Crippen LogP contribution >= 0.6 is 15.9 Å². The van der Waals surface area contributed by atoms with Crippen molar-refractivity contribution in [3.63, 3.8) is 0 Å². The van der Waals surface area contributed by atoms with Crippen LogP contribution in [0.15, 0.2) is 45.5 Å². The van der Waals surface area contributed by atoms with Gasteiger partial charge in [-0.2, -0.15) is 0 Å². The number of benzene rings is 1. The van der Waals surface area contributed by atoms with Crippen molar-refractivity contribution >= 4 is 21.9 Å². The first-order chi connectivity index (χ1) is 9.63. The molecule has 0 unspecified atom stereocenters. The summed E-state index contributed by atoms with van der Waals surface area (Å²) in [6.07, 6.45) is 1.49. The molecule has 0 aliphatic heterocycles.